The number of nitrogens with one attached hydrogen (secondary N) is 1. The fraction of sp³-hybridized carbons (Fsp3) is 0.417. The van der Waals surface area contributed by atoms with Gasteiger partial charge in [-0.05, 0) is 18.9 Å². The van der Waals surface area contributed by atoms with Crippen molar-refractivity contribution in [3.05, 3.63) is 29.8 Å². The molecule has 0 atom stereocenters. The Morgan fingerprint density at radius 3 is 2.81 bits per heavy atom. The molecule has 1 saturated carbocycles. The first kappa shape index (κ1) is 11.1. The van der Waals surface area contributed by atoms with Crippen LogP contribution in [0.5, 0.6) is 0 Å². The second-order valence-corrected chi connectivity index (χ2v) is 4.20. The highest BCUT2D eigenvalue weighted by atomic mass is 16.5. The Hall–Kier alpha value is -1.39. The Kier molecular flexibility index (Phi) is 2.94. The molecule has 4 nitrogen and oxygen atoms in total. The van der Waals surface area contributed by atoms with Crippen LogP contribution in [-0.4, -0.2) is 18.6 Å². The van der Waals surface area contributed by atoms with Crippen molar-refractivity contribution in [1.82, 2.24) is 0 Å². The monoisotopic (exact) mass is 220 g/mol. The first-order chi connectivity index (χ1) is 7.65. The molecule has 0 unspecified atom stereocenters. The number of anilines is 1. The summed E-state index contributed by atoms with van der Waals surface area (Å²) < 4.78 is 5.07. The number of hydrogen-bond donors (Lipinski definition) is 2. The number of rotatable bonds is 4. The van der Waals surface area contributed by atoms with Gasteiger partial charge in [-0.15, -0.1) is 0 Å². The minimum absolute atomic E-state index is 0.101. The van der Waals surface area contributed by atoms with Gasteiger partial charge in [-0.3, -0.25) is 4.79 Å². The van der Waals surface area contributed by atoms with Gasteiger partial charge in [0.1, 0.15) is 0 Å². The summed E-state index contributed by atoms with van der Waals surface area (Å²) in [5.41, 5.74) is 6.92. The number of nitrogens with two attached hydrogens (primary N) is 1. The largest absolute Gasteiger partial charge is 0.380 e. The fourth-order valence-electron chi connectivity index (χ4n) is 1.53. The maximum absolute atomic E-state index is 11.8. The molecule has 0 aliphatic heterocycles. The molecule has 1 amide bonds. The third kappa shape index (κ3) is 2.23. The van der Waals surface area contributed by atoms with Gasteiger partial charge >= 0.3 is 0 Å². The van der Waals surface area contributed by atoms with E-state index in [9.17, 15) is 4.79 Å². The minimum Gasteiger partial charge on any atom is -0.380 e. The van der Waals surface area contributed by atoms with Crippen LogP contribution >= 0.6 is 0 Å². The Labute approximate surface area is 94.8 Å². The predicted molar refractivity (Wildman–Crippen MR) is 61.9 cm³/mol. The number of ether oxygens (including phenoxy) is 1. The first-order valence-corrected chi connectivity index (χ1v) is 5.33. The lowest BCUT2D eigenvalue weighted by molar-refractivity contribution is -0.118. The van der Waals surface area contributed by atoms with E-state index in [1.165, 1.54) is 0 Å². The predicted octanol–water partition coefficient (Wildman–Crippen LogP) is 1.26. The molecule has 1 fully saturated rings. The molecule has 1 aromatic carbocycles. The summed E-state index contributed by atoms with van der Waals surface area (Å²) in [6, 6.07) is 7.58. The Bertz CT molecular complexity index is 400. The Morgan fingerprint density at radius 2 is 2.19 bits per heavy atom. The van der Waals surface area contributed by atoms with E-state index in [4.69, 9.17) is 10.5 Å². The summed E-state index contributed by atoms with van der Waals surface area (Å²) >= 11 is 0. The molecule has 16 heavy (non-hydrogen) atoms. The van der Waals surface area contributed by atoms with Gasteiger partial charge in [-0.1, -0.05) is 18.2 Å². The van der Waals surface area contributed by atoms with Gasteiger partial charge in [0.2, 0.25) is 5.91 Å². The number of methoxy groups -OCH3 is 1. The molecule has 0 radical (unpaired) electrons. The van der Waals surface area contributed by atoms with E-state index in [0.29, 0.717) is 6.61 Å². The van der Waals surface area contributed by atoms with Crippen molar-refractivity contribution < 1.29 is 9.53 Å². The van der Waals surface area contributed by atoms with Crippen LogP contribution in [-0.2, 0) is 16.1 Å². The molecule has 0 bridgehead atoms. The summed E-state index contributed by atoms with van der Waals surface area (Å²) in [5, 5.41) is 2.85. The molecule has 4 heteroatoms. The lowest BCUT2D eigenvalue weighted by atomic mass is 10.1. The molecule has 0 saturated heterocycles. The first-order valence-electron chi connectivity index (χ1n) is 5.33. The van der Waals surface area contributed by atoms with Gasteiger partial charge in [0, 0.05) is 18.4 Å². The van der Waals surface area contributed by atoms with Crippen LogP contribution < -0.4 is 11.1 Å². The van der Waals surface area contributed by atoms with Crippen molar-refractivity contribution in [1.29, 1.82) is 0 Å². The number of benzene rings is 1. The zero-order chi connectivity index (χ0) is 11.6. The lowest BCUT2D eigenvalue weighted by Gasteiger charge is -2.13. The third-order valence-corrected chi connectivity index (χ3v) is 2.81. The van der Waals surface area contributed by atoms with Gasteiger partial charge < -0.3 is 15.8 Å². The summed E-state index contributed by atoms with van der Waals surface area (Å²) in [5.74, 6) is -0.101. The average molecular weight is 220 g/mol. The van der Waals surface area contributed by atoms with Gasteiger partial charge in [0.15, 0.2) is 0 Å². The molecule has 0 aromatic heterocycles. The van der Waals surface area contributed by atoms with Crippen molar-refractivity contribution in [2.24, 2.45) is 5.73 Å². The van der Waals surface area contributed by atoms with Crippen molar-refractivity contribution >= 4 is 11.6 Å². The number of carbonyl (C=O) groups excluding carboxylic acids is 1. The summed E-state index contributed by atoms with van der Waals surface area (Å²) in [6.07, 6.45) is 1.54. The number of para-hydroxylation sites is 1. The topological polar surface area (TPSA) is 64.3 Å². The minimum atomic E-state index is -0.639. The van der Waals surface area contributed by atoms with E-state index in [1.807, 2.05) is 24.3 Å². The molecule has 1 aromatic rings. The van der Waals surface area contributed by atoms with E-state index >= 15 is 0 Å². The molecule has 3 N–H and O–H groups in total. The summed E-state index contributed by atoms with van der Waals surface area (Å²) in [7, 11) is 1.63. The number of carbonyl (C=O) groups is 1. The van der Waals surface area contributed by atoms with Crippen LogP contribution in [0.1, 0.15) is 18.4 Å². The molecular weight excluding hydrogens is 204 g/mol. The van der Waals surface area contributed by atoms with Gasteiger partial charge in [-0.25, -0.2) is 0 Å². The smallest absolute Gasteiger partial charge is 0.244 e. The molecule has 86 valence electrons. The van der Waals surface area contributed by atoms with E-state index < -0.39 is 5.54 Å². The zero-order valence-electron chi connectivity index (χ0n) is 9.32. The quantitative estimate of drug-likeness (QED) is 0.803. The SMILES string of the molecule is COCc1ccccc1NC(=O)C1(N)CC1. The Balaban J connectivity index is 2.11. The second kappa shape index (κ2) is 4.23. The van der Waals surface area contributed by atoms with E-state index in [-0.39, 0.29) is 5.91 Å². The van der Waals surface area contributed by atoms with Crippen molar-refractivity contribution in [3.8, 4) is 0 Å². The van der Waals surface area contributed by atoms with Crippen molar-refractivity contribution in [2.75, 3.05) is 12.4 Å². The van der Waals surface area contributed by atoms with E-state index in [2.05, 4.69) is 5.32 Å². The lowest BCUT2D eigenvalue weighted by Crippen LogP contribution is -2.38. The molecule has 1 aliphatic carbocycles. The molecular formula is C12H16N2O2. The Morgan fingerprint density at radius 1 is 1.50 bits per heavy atom. The number of amides is 1. The van der Waals surface area contributed by atoms with Crippen LogP contribution in [0.25, 0.3) is 0 Å². The maximum Gasteiger partial charge on any atom is 0.244 e. The molecule has 0 spiro atoms. The fourth-order valence-corrected chi connectivity index (χ4v) is 1.53. The van der Waals surface area contributed by atoms with Gasteiger partial charge in [-0.2, -0.15) is 0 Å². The highest BCUT2D eigenvalue weighted by molar-refractivity contribution is 6.00. The van der Waals surface area contributed by atoms with Crippen LogP contribution in [0.3, 0.4) is 0 Å². The van der Waals surface area contributed by atoms with Crippen LogP contribution in [0.2, 0.25) is 0 Å². The summed E-state index contributed by atoms with van der Waals surface area (Å²) in [4.78, 5) is 11.8. The van der Waals surface area contributed by atoms with Crippen LogP contribution in [0.4, 0.5) is 5.69 Å². The normalized spacial score (nSPS) is 16.9. The molecule has 0 heterocycles. The van der Waals surface area contributed by atoms with Crippen LogP contribution in [0, 0.1) is 0 Å². The van der Waals surface area contributed by atoms with E-state index in [1.54, 1.807) is 7.11 Å². The number of hydrogen-bond acceptors (Lipinski definition) is 3. The van der Waals surface area contributed by atoms with Crippen LogP contribution in [0.15, 0.2) is 24.3 Å². The highest BCUT2D eigenvalue weighted by Gasteiger charge is 2.46. The van der Waals surface area contributed by atoms with E-state index in [0.717, 1.165) is 24.1 Å². The van der Waals surface area contributed by atoms with Crippen molar-refractivity contribution in [3.63, 3.8) is 0 Å². The highest BCUT2D eigenvalue weighted by Crippen LogP contribution is 2.33. The zero-order valence-corrected chi connectivity index (χ0v) is 9.32. The third-order valence-electron chi connectivity index (χ3n) is 2.81. The second-order valence-electron chi connectivity index (χ2n) is 4.20. The molecule has 1 aliphatic rings. The average Bonchev–Trinajstić information content (AvgIpc) is 3.01. The van der Waals surface area contributed by atoms with Gasteiger partial charge in [0.05, 0.1) is 12.1 Å². The molecule has 2 rings (SSSR count). The van der Waals surface area contributed by atoms with Crippen molar-refractivity contribution in [2.45, 2.75) is 25.0 Å². The van der Waals surface area contributed by atoms with Gasteiger partial charge in [0.25, 0.3) is 0 Å². The maximum atomic E-state index is 11.8. The standard InChI is InChI=1S/C12H16N2O2/c1-16-8-9-4-2-3-5-10(9)14-11(15)12(13)6-7-12/h2-5H,6-8,13H2,1H3,(H,14,15). The summed E-state index contributed by atoms with van der Waals surface area (Å²) in [6.45, 7) is 0.480.